The normalized spacial score (nSPS) is 16.8. The van der Waals surface area contributed by atoms with Crippen LogP contribution in [0, 0.1) is 5.82 Å². The number of ether oxygens (including phenoxy) is 1. The van der Waals surface area contributed by atoms with Crippen molar-refractivity contribution >= 4 is 5.69 Å². The van der Waals surface area contributed by atoms with Gasteiger partial charge in [-0.15, -0.1) is 13.2 Å². The minimum absolute atomic E-state index is 0.123. The molecular weight excluding hydrogens is 326 g/mol. The van der Waals surface area contributed by atoms with E-state index in [1.54, 1.807) is 6.20 Å². The molecule has 130 valence electrons. The fourth-order valence-electron chi connectivity index (χ4n) is 2.26. The largest absolute Gasteiger partial charge is 0.573 e. The Morgan fingerprint density at radius 2 is 1.92 bits per heavy atom. The van der Waals surface area contributed by atoms with E-state index in [4.69, 9.17) is 5.73 Å². The predicted molar refractivity (Wildman–Crippen MR) is 82.1 cm³/mol. The zero-order valence-electron chi connectivity index (χ0n) is 12.9. The van der Waals surface area contributed by atoms with Crippen molar-refractivity contribution in [1.29, 1.82) is 0 Å². The van der Waals surface area contributed by atoms with Crippen molar-refractivity contribution in [2.45, 2.75) is 18.8 Å². The third kappa shape index (κ3) is 4.82. The maximum Gasteiger partial charge on any atom is 0.573 e. The Hall–Kier alpha value is -2.35. The summed E-state index contributed by atoms with van der Waals surface area (Å²) in [6.07, 6.45) is -2.04. The third-order valence-corrected chi connectivity index (χ3v) is 3.42. The number of nitrogens with zero attached hydrogens (tertiary/aromatic N) is 2. The maximum atomic E-state index is 12.5. The van der Waals surface area contributed by atoms with Crippen LogP contribution in [0.25, 0.3) is 0 Å². The van der Waals surface area contributed by atoms with Gasteiger partial charge in [-0.05, 0) is 30.7 Å². The Morgan fingerprint density at radius 1 is 1.21 bits per heavy atom. The number of pyridine rings is 1. The first-order valence-electron chi connectivity index (χ1n) is 7.20. The second-order valence-electron chi connectivity index (χ2n) is 5.20. The first-order valence-corrected chi connectivity index (χ1v) is 7.20. The average Bonchev–Trinajstić information content (AvgIpc) is 2.53. The van der Waals surface area contributed by atoms with Gasteiger partial charge in [0, 0.05) is 19.8 Å². The van der Waals surface area contributed by atoms with E-state index in [0.717, 1.165) is 30.8 Å². The fraction of sp³-hybridized carbons (Fsp3) is 0.312. The molecule has 24 heavy (non-hydrogen) atoms. The molecular formula is C16H17F4N3O. The van der Waals surface area contributed by atoms with E-state index >= 15 is 0 Å². The number of fused-ring (bicyclic) bond motifs is 1. The maximum absolute atomic E-state index is 12.5. The first-order chi connectivity index (χ1) is 11.3. The SMILES string of the molecule is CN1CCC(N)c2ncccc21.Fc1ccccc1OC(F)(F)F. The van der Waals surface area contributed by atoms with Crippen molar-refractivity contribution < 1.29 is 22.3 Å². The molecule has 1 aromatic heterocycles. The van der Waals surface area contributed by atoms with Crippen LogP contribution in [0.2, 0.25) is 0 Å². The standard InChI is InChI=1S/C9H13N3.C7H4F4O/c1-12-6-4-7(10)9-8(12)3-2-5-11-9;8-5-3-1-2-4-6(5)12-7(9,10)11/h2-3,5,7H,4,6,10H2,1H3;1-4H. The molecule has 1 aliphatic rings. The minimum atomic E-state index is -4.85. The van der Waals surface area contributed by atoms with Crippen molar-refractivity contribution in [2.75, 3.05) is 18.5 Å². The predicted octanol–water partition coefficient (Wildman–Crippen LogP) is 3.65. The average molecular weight is 343 g/mol. The second kappa shape index (κ2) is 7.48. The summed E-state index contributed by atoms with van der Waals surface area (Å²) >= 11 is 0. The number of hydrogen-bond donors (Lipinski definition) is 1. The Morgan fingerprint density at radius 3 is 2.54 bits per heavy atom. The van der Waals surface area contributed by atoms with Gasteiger partial charge in [0.25, 0.3) is 0 Å². The molecule has 4 nitrogen and oxygen atoms in total. The van der Waals surface area contributed by atoms with E-state index in [1.165, 1.54) is 17.8 Å². The summed E-state index contributed by atoms with van der Waals surface area (Å²) in [5.41, 5.74) is 8.13. The lowest BCUT2D eigenvalue weighted by Gasteiger charge is -2.29. The summed E-state index contributed by atoms with van der Waals surface area (Å²) in [4.78, 5) is 6.48. The van der Waals surface area contributed by atoms with Crippen LogP contribution < -0.4 is 15.4 Å². The number of para-hydroxylation sites is 1. The molecule has 3 rings (SSSR count). The molecule has 1 aromatic carbocycles. The zero-order valence-corrected chi connectivity index (χ0v) is 12.9. The van der Waals surface area contributed by atoms with E-state index in [9.17, 15) is 17.6 Å². The zero-order chi connectivity index (χ0) is 17.7. The third-order valence-electron chi connectivity index (χ3n) is 3.42. The molecule has 1 unspecified atom stereocenters. The number of hydrogen-bond acceptors (Lipinski definition) is 4. The molecule has 0 amide bonds. The Bertz CT molecular complexity index is 649. The molecule has 0 spiro atoms. The van der Waals surface area contributed by atoms with Crippen LogP contribution in [0.4, 0.5) is 23.2 Å². The quantitative estimate of drug-likeness (QED) is 0.803. The van der Waals surface area contributed by atoms with Gasteiger partial charge in [0.05, 0.1) is 17.4 Å². The number of benzene rings is 1. The molecule has 2 heterocycles. The molecule has 8 heteroatoms. The van der Waals surface area contributed by atoms with E-state index in [1.807, 2.05) is 6.07 Å². The van der Waals surface area contributed by atoms with Crippen LogP contribution >= 0.6 is 0 Å². The molecule has 0 saturated heterocycles. The molecule has 2 N–H and O–H groups in total. The van der Waals surface area contributed by atoms with Crippen molar-refractivity contribution in [3.05, 3.63) is 54.1 Å². The Labute approximate surface area is 136 Å². The van der Waals surface area contributed by atoms with Gasteiger partial charge >= 0.3 is 6.36 Å². The smallest absolute Gasteiger partial charge is 0.403 e. The number of halogens is 4. The summed E-state index contributed by atoms with van der Waals surface area (Å²) in [5.74, 6) is -1.85. The van der Waals surface area contributed by atoms with Crippen LogP contribution in [0.3, 0.4) is 0 Å². The monoisotopic (exact) mass is 343 g/mol. The summed E-state index contributed by atoms with van der Waals surface area (Å²) in [6.45, 7) is 1.03. The minimum Gasteiger partial charge on any atom is -0.403 e. The van der Waals surface area contributed by atoms with Gasteiger partial charge in [0.1, 0.15) is 0 Å². The van der Waals surface area contributed by atoms with Gasteiger partial charge in [0.15, 0.2) is 11.6 Å². The lowest BCUT2D eigenvalue weighted by Crippen LogP contribution is -2.31. The van der Waals surface area contributed by atoms with Crippen molar-refractivity contribution in [2.24, 2.45) is 5.73 Å². The van der Waals surface area contributed by atoms with Crippen LogP contribution in [0.5, 0.6) is 5.75 Å². The van der Waals surface area contributed by atoms with Gasteiger partial charge in [-0.2, -0.15) is 0 Å². The summed E-state index contributed by atoms with van der Waals surface area (Å²) in [7, 11) is 2.08. The highest BCUT2D eigenvalue weighted by atomic mass is 19.4. The van der Waals surface area contributed by atoms with E-state index in [-0.39, 0.29) is 6.04 Å². The van der Waals surface area contributed by atoms with Crippen LogP contribution in [-0.4, -0.2) is 24.9 Å². The van der Waals surface area contributed by atoms with Gasteiger partial charge in [-0.25, -0.2) is 4.39 Å². The molecule has 0 radical (unpaired) electrons. The number of nitrogens with two attached hydrogens (primary N) is 1. The molecule has 0 saturated carbocycles. The van der Waals surface area contributed by atoms with E-state index in [2.05, 4.69) is 27.7 Å². The number of aromatic nitrogens is 1. The molecule has 0 bridgehead atoms. The topological polar surface area (TPSA) is 51.4 Å². The highest BCUT2D eigenvalue weighted by Gasteiger charge is 2.32. The van der Waals surface area contributed by atoms with Crippen LogP contribution in [-0.2, 0) is 0 Å². The lowest BCUT2D eigenvalue weighted by atomic mass is 10.0. The summed E-state index contributed by atoms with van der Waals surface area (Å²) in [6, 6.07) is 8.47. The Kier molecular flexibility index (Phi) is 5.61. The molecule has 1 atom stereocenters. The highest BCUT2D eigenvalue weighted by Crippen LogP contribution is 2.28. The number of rotatable bonds is 1. The second-order valence-corrected chi connectivity index (χ2v) is 5.20. The van der Waals surface area contributed by atoms with Gasteiger partial charge in [-0.3, -0.25) is 4.98 Å². The number of anilines is 1. The fourth-order valence-corrected chi connectivity index (χ4v) is 2.26. The van der Waals surface area contributed by atoms with Gasteiger partial charge < -0.3 is 15.4 Å². The van der Waals surface area contributed by atoms with Crippen LogP contribution in [0.15, 0.2) is 42.6 Å². The number of alkyl halides is 3. The van der Waals surface area contributed by atoms with Gasteiger partial charge in [-0.1, -0.05) is 12.1 Å². The van der Waals surface area contributed by atoms with Crippen molar-refractivity contribution in [3.63, 3.8) is 0 Å². The summed E-state index contributed by atoms with van der Waals surface area (Å²) < 4.78 is 50.4. The van der Waals surface area contributed by atoms with Crippen molar-refractivity contribution in [1.82, 2.24) is 4.98 Å². The van der Waals surface area contributed by atoms with Gasteiger partial charge in [0.2, 0.25) is 0 Å². The lowest BCUT2D eigenvalue weighted by molar-refractivity contribution is -0.275. The molecule has 1 aliphatic heterocycles. The molecule has 0 fully saturated rings. The molecule has 2 aromatic rings. The van der Waals surface area contributed by atoms with Crippen molar-refractivity contribution in [3.8, 4) is 5.75 Å². The van der Waals surface area contributed by atoms with E-state index in [0.29, 0.717) is 0 Å². The first kappa shape index (κ1) is 18.0. The Balaban J connectivity index is 0.000000174. The van der Waals surface area contributed by atoms with Crippen LogP contribution in [0.1, 0.15) is 18.2 Å². The van der Waals surface area contributed by atoms with E-state index < -0.39 is 17.9 Å². The summed E-state index contributed by atoms with van der Waals surface area (Å²) in [5, 5.41) is 0. The molecule has 0 aliphatic carbocycles. The highest BCUT2D eigenvalue weighted by molar-refractivity contribution is 5.52.